The lowest BCUT2D eigenvalue weighted by Crippen LogP contribution is -2.50. The molecule has 1 aliphatic carbocycles. The largest absolute Gasteiger partial charge is 0.354 e. The summed E-state index contributed by atoms with van der Waals surface area (Å²) in [6, 6.07) is 7.59. The third-order valence-corrected chi connectivity index (χ3v) is 5.52. The summed E-state index contributed by atoms with van der Waals surface area (Å²) in [6.07, 6.45) is 2.88. The topological polar surface area (TPSA) is 60.0 Å². The van der Waals surface area contributed by atoms with Crippen molar-refractivity contribution in [2.45, 2.75) is 44.2 Å². The fourth-order valence-corrected chi connectivity index (χ4v) is 3.70. The molecule has 1 amide bonds. The van der Waals surface area contributed by atoms with Gasteiger partial charge in [0, 0.05) is 51.7 Å². The van der Waals surface area contributed by atoms with Gasteiger partial charge in [-0.2, -0.15) is 0 Å². The van der Waals surface area contributed by atoms with Crippen LogP contribution in [0.1, 0.15) is 37.7 Å². The number of rotatable bonds is 6. The Kier molecular flexibility index (Phi) is 9.13. The van der Waals surface area contributed by atoms with Gasteiger partial charge in [0.05, 0.1) is 6.54 Å². The summed E-state index contributed by atoms with van der Waals surface area (Å²) < 4.78 is 14.0. The molecule has 2 aliphatic rings. The number of carbonyl (C=O) groups excluding carboxylic acids is 1. The second kappa shape index (κ2) is 11.1. The Labute approximate surface area is 190 Å². The van der Waals surface area contributed by atoms with Crippen LogP contribution >= 0.6 is 24.0 Å². The van der Waals surface area contributed by atoms with E-state index in [-0.39, 0.29) is 47.7 Å². The number of piperidine rings is 1. The van der Waals surface area contributed by atoms with E-state index in [1.54, 1.807) is 25.1 Å². The normalized spacial score (nSPS) is 22.6. The van der Waals surface area contributed by atoms with Gasteiger partial charge in [-0.05, 0) is 37.8 Å². The Bertz CT molecular complexity index is 706. The van der Waals surface area contributed by atoms with Crippen molar-refractivity contribution in [1.82, 2.24) is 20.4 Å². The quantitative estimate of drug-likeness (QED) is 0.346. The molecule has 2 fully saturated rings. The minimum Gasteiger partial charge on any atom is -0.354 e. The molecular weight excluding hydrogens is 484 g/mol. The van der Waals surface area contributed by atoms with E-state index in [0.717, 1.165) is 43.9 Å². The van der Waals surface area contributed by atoms with Gasteiger partial charge in [0.2, 0.25) is 5.91 Å². The van der Waals surface area contributed by atoms with Crippen molar-refractivity contribution in [3.63, 3.8) is 0 Å². The number of halogens is 2. The van der Waals surface area contributed by atoms with Crippen molar-refractivity contribution in [3.8, 4) is 0 Å². The van der Waals surface area contributed by atoms with E-state index in [9.17, 15) is 9.18 Å². The summed E-state index contributed by atoms with van der Waals surface area (Å²) in [4.78, 5) is 20.3. The van der Waals surface area contributed by atoms with E-state index >= 15 is 0 Å². The summed E-state index contributed by atoms with van der Waals surface area (Å²) >= 11 is 0. The molecule has 1 saturated carbocycles. The van der Waals surface area contributed by atoms with Crippen LogP contribution in [0.5, 0.6) is 0 Å². The molecule has 6 nitrogen and oxygen atoms in total. The smallest absolute Gasteiger partial charge is 0.236 e. The van der Waals surface area contributed by atoms with Gasteiger partial charge < -0.3 is 15.5 Å². The zero-order valence-corrected chi connectivity index (χ0v) is 19.9. The van der Waals surface area contributed by atoms with Gasteiger partial charge in [0.1, 0.15) is 5.82 Å². The van der Waals surface area contributed by atoms with Crippen molar-refractivity contribution >= 4 is 35.8 Å². The van der Waals surface area contributed by atoms with E-state index in [2.05, 4.69) is 20.5 Å². The highest BCUT2D eigenvalue weighted by atomic mass is 127. The first kappa shape index (κ1) is 23.9. The zero-order valence-electron chi connectivity index (χ0n) is 17.5. The van der Waals surface area contributed by atoms with Gasteiger partial charge >= 0.3 is 0 Å². The standard InChI is InChI=1S/C21H32FN5O.HI/c1-4-23-21(25-19-13-17(19)16-7-5-6-8-18(16)22)24-15-9-11-27(12-10-15)14-20(28)26(2)3;/h5-8,15,17,19H,4,9-14H2,1-3H3,(H2,23,24,25);1H. The number of carbonyl (C=O) groups is 1. The summed E-state index contributed by atoms with van der Waals surface area (Å²) in [6.45, 7) is 5.00. The number of amides is 1. The van der Waals surface area contributed by atoms with E-state index in [1.807, 2.05) is 19.1 Å². The molecule has 8 heteroatoms. The molecule has 2 N–H and O–H groups in total. The Morgan fingerprint density at radius 3 is 2.55 bits per heavy atom. The van der Waals surface area contributed by atoms with Crippen LogP contribution in [0, 0.1) is 5.82 Å². The van der Waals surface area contributed by atoms with Crippen molar-refractivity contribution in [2.75, 3.05) is 40.3 Å². The van der Waals surface area contributed by atoms with Crippen LogP contribution in [-0.4, -0.2) is 74.0 Å². The van der Waals surface area contributed by atoms with Crippen LogP contribution in [0.15, 0.2) is 29.3 Å². The molecule has 1 aromatic carbocycles. The van der Waals surface area contributed by atoms with Crippen LogP contribution < -0.4 is 10.6 Å². The van der Waals surface area contributed by atoms with Gasteiger partial charge in [-0.15, -0.1) is 24.0 Å². The lowest BCUT2D eigenvalue weighted by atomic mass is 10.1. The second-order valence-corrected chi connectivity index (χ2v) is 7.92. The molecule has 29 heavy (non-hydrogen) atoms. The average Bonchev–Trinajstić information content (AvgIpc) is 3.42. The average molecular weight is 517 g/mol. The van der Waals surface area contributed by atoms with Crippen LogP contribution in [0.25, 0.3) is 0 Å². The molecule has 1 aromatic rings. The summed E-state index contributed by atoms with van der Waals surface area (Å²) in [5, 5.41) is 7.01. The highest BCUT2D eigenvalue weighted by Gasteiger charge is 2.40. The maximum Gasteiger partial charge on any atom is 0.236 e. The Morgan fingerprint density at radius 1 is 1.24 bits per heavy atom. The number of hydrogen-bond acceptors (Lipinski definition) is 3. The third-order valence-electron chi connectivity index (χ3n) is 5.52. The molecule has 0 aromatic heterocycles. The molecular formula is C21H33FIN5O. The van der Waals surface area contributed by atoms with E-state index in [1.165, 1.54) is 6.07 Å². The lowest BCUT2D eigenvalue weighted by molar-refractivity contribution is -0.130. The minimum atomic E-state index is -0.126. The fraction of sp³-hybridized carbons (Fsp3) is 0.619. The zero-order chi connectivity index (χ0) is 20.1. The third kappa shape index (κ3) is 6.80. The maximum absolute atomic E-state index is 14.0. The number of likely N-dealkylation sites (N-methyl/N-ethyl adjacent to an activating group) is 1. The first-order valence-corrected chi connectivity index (χ1v) is 10.2. The number of nitrogens with one attached hydrogen (secondary N) is 2. The molecule has 0 spiro atoms. The van der Waals surface area contributed by atoms with Crippen LogP contribution in [0.3, 0.4) is 0 Å². The highest BCUT2D eigenvalue weighted by Crippen LogP contribution is 2.41. The first-order valence-electron chi connectivity index (χ1n) is 10.2. The van der Waals surface area contributed by atoms with E-state index in [4.69, 9.17) is 0 Å². The van der Waals surface area contributed by atoms with Crippen molar-refractivity contribution in [1.29, 1.82) is 0 Å². The molecule has 1 saturated heterocycles. The monoisotopic (exact) mass is 517 g/mol. The fourth-order valence-electron chi connectivity index (χ4n) is 3.70. The van der Waals surface area contributed by atoms with Crippen LogP contribution in [0.4, 0.5) is 4.39 Å². The Hall–Kier alpha value is -1.42. The van der Waals surface area contributed by atoms with Gasteiger partial charge in [-0.3, -0.25) is 14.7 Å². The second-order valence-electron chi connectivity index (χ2n) is 7.92. The summed E-state index contributed by atoms with van der Waals surface area (Å²) in [7, 11) is 3.59. The minimum absolute atomic E-state index is 0. The van der Waals surface area contributed by atoms with E-state index < -0.39 is 0 Å². The molecule has 2 unspecified atom stereocenters. The number of guanidine groups is 1. The number of nitrogens with zero attached hydrogens (tertiary/aromatic N) is 3. The number of hydrogen-bond donors (Lipinski definition) is 2. The maximum atomic E-state index is 14.0. The van der Waals surface area contributed by atoms with Gasteiger partial charge in [-0.1, -0.05) is 18.2 Å². The molecule has 0 bridgehead atoms. The predicted octanol–water partition coefficient (Wildman–Crippen LogP) is 2.41. The van der Waals surface area contributed by atoms with Gasteiger partial charge in [-0.25, -0.2) is 4.39 Å². The van der Waals surface area contributed by atoms with Crippen molar-refractivity contribution < 1.29 is 9.18 Å². The van der Waals surface area contributed by atoms with Crippen molar-refractivity contribution in [3.05, 3.63) is 35.6 Å². The van der Waals surface area contributed by atoms with Gasteiger partial charge in [0.25, 0.3) is 0 Å². The molecule has 3 rings (SSSR count). The van der Waals surface area contributed by atoms with Crippen LogP contribution in [-0.2, 0) is 4.79 Å². The highest BCUT2D eigenvalue weighted by molar-refractivity contribution is 14.0. The van der Waals surface area contributed by atoms with Crippen LogP contribution in [0.2, 0.25) is 0 Å². The van der Waals surface area contributed by atoms with Gasteiger partial charge in [0.15, 0.2) is 5.96 Å². The molecule has 2 atom stereocenters. The molecule has 1 aliphatic heterocycles. The molecule has 162 valence electrons. The molecule has 0 radical (unpaired) electrons. The molecule has 1 heterocycles. The Morgan fingerprint density at radius 2 is 1.93 bits per heavy atom. The van der Waals surface area contributed by atoms with Crippen molar-refractivity contribution in [2.24, 2.45) is 4.99 Å². The first-order chi connectivity index (χ1) is 13.5. The van der Waals surface area contributed by atoms with E-state index in [0.29, 0.717) is 19.1 Å². The SMILES string of the molecule is CCN=C(NC1CCN(CC(=O)N(C)C)CC1)NC1CC1c1ccccc1F.I. The number of aliphatic imine (C=N–C) groups is 1. The summed E-state index contributed by atoms with van der Waals surface area (Å²) in [5.74, 6) is 1.05. The summed E-state index contributed by atoms with van der Waals surface area (Å²) in [5.41, 5.74) is 0.787. The lowest BCUT2D eigenvalue weighted by Gasteiger charge is -2.33. The number of likely N-dealkylation sites (tertiary alicyclic amines) is 1. The Balaban J connectivity index is 0.00000300. The number of benzene rings is 1. The predicted molar refractivity (Wildman–Crippen MR) is 125 cm³/mol.